The van der Waals surface area contributed by atoms with E-state index >= 15 is 0 Å². The molecule has 3 aromatic rings. The van der Waals surface area contributed by atoms with Crippen LogP contribution in [0.4, 0.5) is 5.69 Å². The van der Waals surface area contributed by atoms with Crippen molar-refractivity contribution >= 4 is 21.6 Å². The van der Waals surface area contributed by atoms with E-state index in [9.17, 15) is 13.2 Å². The maximum Gasteiger partial charge on any atom is 0.264 e. The molecule has 0 bridgehead atoms. The number of carbonyl (C=O) groups is 1. The summed E-state index contributed by atoms with van der Waals surface area (Å²) in [7, 11) is -3.93. The Labute approximate surface area is 215 Å². The van der Waals surface area contributed by atoms with Crippen molar-refractivity contribution in [3.63, 3.8) is 0 Å². The number of aryl methyl sites for hydroxylation is 3. The molecule has 1 fully saturated rings. The average Bonchev–Trinajstić information content (AvgIpc) is 3.36. The molecule has 0 saturated carbocycles. The summed E-state index contributed by atoms with van der Waals surface area (Å²) >= 11 is 0. The summed E-state index contributed by atoms with van der Waals surface area (Å²) in [6, 6.07) is 20.4. The van der Waals surface area contributed by atoms with E-state index in [0.29, 0.717) is 12.2 Å². The quantitative estimate of drug-likeness (QED) is 0.457. The molecule has 190 valence electrons. The zero-order valence-electron chi connectivity index (χ0n) is 21.3. The summed E-state index contributed by atoms with van der Waals surface area (Å²) < 4.78 is 28.4. The van der Waals surface area contributed by atoms with Crippen LogP contribution in [-0.4, -0.2) is 38.9 Å². The van der Waals surface area contributed by atoms with Crippen molar-refractivity contribution in [3.8, 4) is 0 Å². The summed E-state index contributed by atoms with van der Waals surface area (Å²) in [5, 5.41) is 2.92. The minimum atomic E-state index is -3.93. The fraction of sp³-hybridized carbons (Fsp3) is 0.345. The van der Waals surface area contributed by atoms with Crippen molar-refractivity contribution in [3.05, 3.63) is 94.5 Å². The molecule has 0 aromatic heterocycles. The van der Waals surface area contributed by atoms with Gasteiger partial charge < -0.3 is 5.32 Å². The molecule has 36 heavy (non-hydrogen) atoms. The Hall–Kier alpha value is -3.16. The molecule has 0 aliphatic carbocycles. The van der Waals surface area contributed by atoms with Gasteiger partial charge in [-0.25, -0.2) is 8.42 Å². The highest BCUT2D eigenvalue weighted by molar-refractivity contribution is 7.92. The Morgan fingerprint density at radius 2 is 1.58 bits per heavy atom. The van der Waals surface area contributed by atoms with Gasteiger partial charge in [0.25, 0.3) is 10.0 Å². The Bertz CT molecular complexity index is 1310. The second-order valence-electron chi connectivity index (χ2n) is 9.67. The van der Waals surface area contributed by atoms with Crippen molar-refractivity contribution in [2.24, 2.45) is 0 Å². The highest BCUT2D eigenvalue weighted by Crippen LogP contribution is 2.26. The Morgan fingerprint density at radius 1 is 0.889 bits per heavy atom. The lowest BCUT2D eigenvalue weighted by Gasteiger charge is -2.25. The van der Waals surface area contributed by atoms with Gasteiger partial charge in [-0.05, 0) is 93.2 Å². The summed E-state index contributed by atoms with van der Waals surface area (Å²) in [5.41, 5.74) is 5.69. The summed E-state index contributed by atoms with van der Waals surface area (Å²) in [6.07, 6.45) is 2.50. The molecule has 4 rings (SSSR count). The smallest absolute Gasteiger partial charge is 0.264 e. The molecule has 1 aliphatic rings. The standard InChI is InChI=1S/C29H35N3O3S/c1-22-9-13-28(14-10-22)36(34,35)32(27-12-11-23(2)24(3)17-27)21-29(33)30-19-25-7-6-8-26(18-25)20-31-15-4-5-16-31/h6-14,17-18H,4-5,15-16,19-21H2,1-3H3,(H,30,33). The Kier molecular flexibility index (Phi) is 8.11. The lowest BCUT2D eigenvalue weighted by Crippen LogP contribution is -2.40. The van der Waals surface area contributed by atoms with E-state index in [4.69, 9.17) is 0 Å². The largest absolute Gasteiger partial charge is 0.350 e. The van der Waals surface area contributed by atoms with E-state index in [2.05, 4.69) is 22.3 Å². The van der Waals surface area contributed by atoms with E-state index in [1.54, 1.807) is 30.3 Å². The fourth-order valence-electron chi connectivity index (χ4n) is 4.46. The zero-order chi connectivity index (χ0) is 25.7. The fourth-order valence-corrected chi connectivity index (χ4v) is 5.87. The van der Waals surface area contributed by atoms with Gasteiger partial charge in [-0.3, -0.25) is 14.0 Å². The normalized spacial score (nSPS) is 14.1. The number of carbonyl (C=O) groups excluding carboxylic acids is 1. The molecule has 0 unspecified atom stereocenters. The summed E-state index contributed by atoms with van der Waals surface area (Å²) in [4.78, 5) is 15.6. The van der Waals surface area contributed by atoms with Gasteiger partial charge in [0, 0.05) is 13.1 Å². The van der Waals surface area contributed by atoms with E-state index < -0.39 is 10.0 Å². The van der Waals surface area contributed by atoms with Gasteiger partial charge in [-0.15, -0.1) is 0 Å². The second-order valence-corrected chi connectivity index (χ2v) is 11.5. The molecule has 0 atom stereocenters. The number of hydrogen-bond donors (Lipinski definition) is 1. The summed E-state index contributed by atoms with van der Waals surface area (Å²) in [6.45, 7) is 9.04. The molecule has 0 radical (unpaired) electrons. The van der Waals surface area contributed by atoms with Crippen LogP contribution in [0, 0.1) is 20.8 Å². The molecule has 1 amide bonds. The van der Waals surface area contributed by atoms with E-state index in [1.165, 1.54) is 22.7 Å². The van der Waals surface area contributed by atoms with Gasteiger partial charge in [0.05, 0.1) is 10.6 Å². The van der Waals surface area contributed by atoms with Crippen LogP contribution in [-0.2, 0) is 27.9 Å². The number of amides is 1. The maximum atomic E-state index is 13.6. The zero-order valence-corrected chi connectivity index (χ0v) is 22.1. The number of benzene rings is 3. The van der Waals surface area contributed by atoms with Gasteiger partial charge in [0.2, 0.25) is 5.91 Å². The first kappa shape index (κ1) is 25.9. The monoisotopic (exact) mass is 505 g/mol. The van der Waals surface area contributed by atoms with Gasteiger partial charge in [-0.1, -0.05) is 48.0 Å². The Balaban J connectivity index is 1.50. The molecule has 3 aromatic carbocycles. The molecule has 7 heteroatoms. The lowest BCUT2D eigenvalue weighted by atomic mass is 10.1. The maximum absolute atomic E-state index is 13.6. The number of likely N-dealkylation sites (tertiary alicyclic amines) is 1. The third-order valence-electron chi connectivity index (χ3n) is 6.76. The van der Waals surface area contributed by atoms with Gasteiger partial charge in [-0.2, -0.15) is 0 Å². The minimum Gasteiger partial charge on any atom is -0.350 e. The first-order valence-electron chi connectivity index (χ1n) is 12.5. The van der Waals surface area contributed by atoms with Crippen LogP contribution in [0.2, 0.25) is 0 Å². The molecule has 1 heterocycles. The van der Waals surface area contributed by atoms with Crippen LogP contribution in [0.1, 0.15) is 40.7 Å². The van der Waals surface area contributed by atoms with Crippen molar-refractivity contribution < 1.29 is 13.2 Å². The van der Waals surface area contributed by atoms with Gasteiger partial charge in [0.15, 0.2) is 0 Å². The molecule has 1 N–H and O–H groups in total. The highest BCUT2D eigenvalue weighted by atomic mass is 32.2. The SMILES string of the molecule is Cc1ccc(S(=O)(=O)N(CC(=O)NCc2cccc(CN3CCCC3)c2)c2ccc(C)c(C)c2)cc1. The van der Waals surface area contributed by atoms with Crippen molar-refractivity contribution in [2.75, 3.05) is 23.9 Å². The van der Waals surface area contributed by atoms with Crippen molar-refractivity contribution in [1.29, 1.82) is 0 Å². The number of nitrogens with one attached hydrogen (secondary N) is 1. The van der Waals surface area contributed by atoms with Crippen LogP contribution in [0.3, 0.4) is 0 Å². The van der Waals surface area contributed by atoms with Crippen molar-refractivity contribution in [1.82, 2.24) is 10.2 Å². The molecular weight excluding hydrogens is 470 g/mol. The average molecular weight is 506 g/mol. The topological polar surface area (TPSA) is 69.7 Å². The van der Waals surface area contributed by atoms with Crippen LogP contribution in [0.15, 0.2) is 71.6 Å². The number of nitrogens with zero attached hydrogens (tertiary/aromatic N) is 2. The van der Waals surface area contributed by atoms with E-state index in [0.717, 1.165) is 41.9 Å². The van der Waals surface area contributed by atoms with Crippen molar-refractivity contribution in [2.45, 2.75) is 51.6 Å². The van der Waals surface area contributed by atoms with E-state index in [-0.39, 0.29) is 17.3 Å². The molecular formula is C29H35N3O3S. The second kappa shape index (κ2) is 11.3. The number of rotatable bonds is 9. The third kappa shape index (κ3) is 6.33. The molecule has 1 aliphatic heterocycles. The third-order valence-corrected chi connectivity index (χ3v) is 8.55. The van der Waals surface area contributed by atoms with Gasteiger partial charge in [0.1, 0.15) is 6.54 Å². The minimum absolute atomic E-state index is 0.161. The predicted molar refractivity (Wildman–Crippen MR) is 144 cm³/mol. The molecule has 0 spiro atoms. The Morgan fingerprint density at radius 3 is 2.28 bits per heavy atom. The number of anilines is 1. The van der Waals surface area contributed by atoms with E-state index in [1.807, 2.05) is 45.0 Å². The molecule has 6 nitrogen and oxygen atoms in total. The van der Waals surface area contributed by atoms with Crippen LogP contribution in [0.5, 0.6) is 0 Å². The first-order valence-corrected chi connectivity index (χ1v) is 13.9. The number of sulfonamides is 1. The lowest BCUT2D eigenvalue weighted by molar-refractivity contribution is -0.119. The predicted octanol–water partition coefficient (Wildman–Crippen LogP) is 4.72. The summed E-state index contributed by atoms with van der Waals surface area (Å²) in [5.74, 6) is -0.353. The number of hydrogen-bond acceptors (Lipinski definition) is 4. The van der Waals surface area contributed by atoms with Crippen LogP contribution >= 0.6 is 0 Å². The van der Waals surface area contributed by atoms with Gasteiger partial charge >= 0.3 is 0 Å². The highest BCUT2D eigenvalue weighted by Gasteiger charge is 2.27. The van der Waals surface area contributed by atoms with Crippen LogP contribution < -0.4 is 9.62 Å². The van der Waals surface area contributed by atoms with Crippen LogP contribution in [0.25, 0.3) is 0 Å². The molecule has 1 saturated heterocycles. The first-order chi connectivity index (χ1) is 17.2.